The monoisotopic (exact) mass is 223 g/mol. The number of halogens is 1. The molecule has 1 aromatic carbocycles. The fourth-order valence-electron chi connectivity index (χ4n) is 1.44. The van der Waals surface area contributed by atoms with Crippen molar-refractivity contribution in [3.05, 3.63) is 54.1 Å². The van der Waals surface area contributed by atoms with Crippen LogP contribution in [0, 0.1) is 0 Å². The van der Waals surface area contributed by atoms with Crippen molar-refractivity contribution in [1.82, 2.24) is 9.97 Å². The lowest BCUT2D eigenvalue weighted by Crippen LogP contribution is -2.13. The maximum atomic E-state index is 6.03. The third kappa shape index (κ3) is 3.08. The maximum Gasteiger partial charge on any atom is 0.107 e. The summed E-state index contributed by atoms with van der Waals surface area (Å²) in [6.07, 6.45) is 4.30. The molecular formula is C11H14ClN3. The minimum atomic E-state index is 0. The zero-order valence-electron chi connectivity index (χ0n) is 8.26. The average Bonchev–Trinajstić information content (AvgIpc) is 2.72. The molecule has 1 unspecified atom stereocenters. The molecule has 2 aromatic rings. The number of rotatable bonds is 3. The summed E-state index contributed by atoms with van der Waals surface area (Å²) in [6.45, 7) is 0. The number of nitrogens with two attached hydrogens (primary N) is 1. The van der Waals surface area contributed by atoms with Crippen molar-refractivity contribution in [3.8, 4) is 0 Å². The van der Waals surface area contributed by atoms with Gasteiger partial charge in [-0.25, -0.2) is 4.98 Å². The van der Waals surface area contributed by atoms with Crippen LogP contribution >= 0.6 is 12.4 Å². The van der Waals surface area contributed by atoms with Gasteiger partial charge in [-0.2, -0.15) is 0 Å². The number of hydrogen-bond acceptors (Lipinski definition) is 2. The number of nitrogens with one attached hydrogen (secondary N) is 1. The van der Waals surface area contributed by atoms with Gasteiger partial charge in [0.15, 0.2) is 0 Å². The van der Waals surface area contributed by atoms with Gasteiger partial charge in [-0.1, -0.05) is 30.3 Å². The van der Waals surface area contributed by atoms with E-state index in [1.165, 1.54) is 0 Å². The van der Waals surface area contributed by atoms with E-state index in [1.807, 2.05) is 36.5 Å². The minimum Gasteiger partial charge on any atom is -0.349 e. The lowest BCUT2D eigenvalue weighted by atomic mass is 10.0. The van der Waals surface area contributed by atoms with Crippen LogP contribution in [0.25, 0.3) is 0 Å². The third-order valence-corrected chi connectivity index (χ3v) is 2.20. The Labute approximate surface area is 95.1 Å². The fourth-order valence-corrected chi connectivity index (χ4v) is 1.44. The highest BCUT2D eigenvalue weighted by atomic mass is 35.5. The van der Waals surface area contributed by atoms with Crippen molar-refractivity contribution in [2.75, 3.05) is 0 Å². The summed E-state index contributed by atoms with van der Waals surface area (Å²) in [6, 6.07) is 10.1. The minimum absolute atomic E-state index is 0. The van der Waals surface area contributed by atoms with Crippen LogP contribution in [0.3, 0.4) is 0 Å². The summed E-state index contributed by atoms with van der Waals surface area (Å²) in [7, 11) is 0. The Hall–Kier alpha value is -1.32. The van der Waals surface area contributed by atoms with Gasteiger partial charge in [0.05, 0.1) is 0 Å². The second-order valence-corrected chi connectivity index (χ2v) is 3.26. The van der Waals surface area contributed by atoms with Gasteiger partial charge in [-0.05, 0) is 5.56 Å². The summed E-state index contributed by atoms with van der Waals surface area (Å²) in [5.74, 6) is 0.932. The smallest absolute Gasteiger partial charge is 0.107 e. The van der Waals surface area contributed by atoms with Crippen molar-refractivity contribution in [1.29, 1.82) is 0 Å². The lowest BCUT2D eigenvalue weighted by Gasteiger charge is -2.09. The van der Waals surface area contributed by atoms with Crippen molar-refractivity contribution >= 4 is 12.4 Å². The highest BCUT2D eigenvalue weighted by Crippen LogP contribution is 2.12. The molecule has 0 bridgehead atoms. The molecule has 3 nitrogen and oxygen atoms in total. The molecule has 3 N–H and O–H groups in total. The quantitative estimate of drug-likeness (QED) is 0.837. The van der Waals surface area contributed by atoms with Crippen molar-refractivity contribution in [2.45, 2.75) is 12.5 Å². The number of aromatic nitrogens is 2. The fraction of sp³-hybridized carbons (Fsp3) is 0.182. The summed E-state index contributed by atoms with van der Waals surface area (Å²) < 4.78 is 0. The molecule has 0 saturated heterocycles. The van der Waals surface area contributed by atoms with Gasteiger partial charge in [0.1, 0.15) is 5.82 Å². The number of H-pyrrole nitrogens is 1. The summed E-state index contributed by atoms with van der Waals surface area (Å²) in [4.78, 5) is 7.19. The van der Waals surface area contributed by atoms with E-state index in [9.17, 15) is 0 Å². The van der Waals surface area contributed by atoms with Crippen LogP contribution in [0.15, 0.2) is 42.7 Å². The Bertz CT molecular complexity index is 372. The zero-order valence-corrected chi connectivity index (χ0v) is 9.08. The normalized spacial score (nSPS) is 11.8. The van der Waals surface area contributed by atoms with E-state index in [0.29, 0.717) is 0 Å². The number of benzene rings is 1. The second kappa shape index (κ2) is 5.53. The topological polar surface area (TPSA) is 54.7 Å². The molecule has 1 aromatic heterocycles. The van der Waals surface area contributed by atoms with Gasteiger partial charge in [0.25, 0.3) is 0 Å². The van der Waals surface area contributed by atoms with E-state index in [2.05, 4.69) is 9.97 Å². The first-order chi connectivity index (χ1) is 6.86. The Morgan fingerprint density at radius 3 is 2.60 bits per heavy atom. The number of imidazole rings is 1. The summed E-state index contributed by atoms with van der Waals surface area (Å²) >= 11 is 0. The lowest BCUT2D eigenvalue weighted by molar-refractivity contribution is 0.694. The van der Waals surface area contributed by atoms with Crippen LogP contribution < -0.4 is 5.73 Å². The zero-order chi connectivity index (χ0) is 9.80. The molecule has 0 saturated carbocycles. The highest BCUT2D eigenvalue weighted by Gasteiger charge is 2.07. The Kier molecular flexibility index (Phi) is 4.34. The number of aromatic amines is 1. The van der Waals surface area contributed by atoms with E-state index < -0.39 is 0 Å². The molecule has 1 heterocycles. The molecule has 0 radical (unpaired) electrons. The first-order valence-corrected chi connectivity index (χ1v) is 4.65. The van der Waals surface area contributed by atoms with E-state index in [1.54, 1.807) is 6.20 Å². The van der Waals surface area contributed by atoms with Crippen LogP contribution in [0.4, 0.5) is 0 Å². The Balaban J connectivity index is 0.00000112. The standard InChI is InChI=1S/C11H13N3.ClH/c12-10(8-11-13-6-7-14-11)9-4-2-1-3-5-9;/h1-7,10H,8,12H2,(H,13,14);1H. The van der Waals surface area contributed by atoms with Gasteiger partial charge < -0.3 is 10.7 Å². The van der Waals surface area contributed by atoms with Gasteiger partial charge >= 0.3 is 0 Å². The van der Waals surface area contributed by atoms with Crippen LogP contribution in [0.2, 0.25) is 0 Å². The molecule has 0 aliphatic heterocycles. The van der Waals surface area contributed by atoms with Crippen molar-refractivity contribution in [2.24, 2.45) is 5.73 Å². The van der Waals surface area contributed by atoms with Gasteiger partial charge in [-0.15, -0.1) is 12.4 Å². The largest absolute Gasteiger partial charge is 0.349 e. The molecule has 80 valence electrons. The van der Waals surface area contributed by atoms with Gasteiger partial charge in [-0.3, -0.25) is 0 Å². The molecule has 0 aliphatic carbocycles. The van der Waals surface area contributed by atoms with Crippen molar-refractivity contribution in [3.63, 3.8) is 0 Å². The molecule has 1 atom stereocenters. The molecule has 0 spiro atoms. The first-order valence-electron chi connectivity index (χ1n) is 4.65. The molecule has 0 aliphatic rings. The average molecular weight is 224 g/mol. The van der Waals surface area contributed by atoms with Crippen molar-refractivity contribution < 1.29 is 0 Å². The molecule has 4 heteroatoms. The number of nitrogens with zero attached hydrogens (tertiary/aromatic N) is 1. The van der Waals surface area contributed by atoms with E-state index in [0.717, 1.165) is 17.8 Å². The predicted molar refractivity (Wildman–Crippen MR) is 62.9 cm³/mol. The summed E-state index contributed by atoms with van der Waals surface area (Å²) in [5, 5.41) is 0. The van der Waals surface area contributed by atoms with E-state index in [4.69, 9.17) is 5.73 Å². The van der Waals surface area contributed by atoms with Crippen LogP contribution in [-0.2, 0) is 6.42 Å². The Morgan fingerprint density at radius 2 is 2.00 bits per heavy atom. The van der Waals surface area contributed by atoms with Gasteiger partial charge in [0.2, 0.25) is 0 Å². The molecule has 15 heavy (non-hydrogen) atoms. The van der Waals surface area contributed by atoms with Crippen LogP contribution in [0.5, 0.6) is 0 Å². The third-order valence-electron chi connectivity index (χ3n) is 2.20. The van der Waals surface area contributed by atoms with Gasteiger partial charge in [0, 0.05) is 24.9 Å². The van der Waals surface area contributed by atoms with Crippen LogP contribution in [-0.4, -0.2) is 9.97 Å². The molecule has 0 fully saturated rings. The van der Waals surface area contributed by atoms with E-state index in [-0.39, 0.29) is 18.4 Å². The predicted octanol–water partition coefficient (Wildman–Crippen LogP) is 2.07. The molecular weight excluding hydrogens is 210 g/mol. The molecule has 2 rings (SSSR count). The SMILES string of the molecule is Cl.NC(Cc1ncc[nH]1)c1ccccc1. The molecule has 0 amide bonds. The van der Waals surface area contributed by atoms with E-state index >= 15 is 0 Å². The Morgan fingerprint density at radius 1 is 1.27 bits per heavy atom. The first kappa shape index (κ1) is 11.8. The van der Waals surface area contributed by atoms with Crippen LogP contribution in [0.1, 0.15) is 17.4 Å². The second-order valence-electron chi connectivity index (χ2n) is 3.26. The maximum absolute atomic E-state index is 6.03. The summed E-state index contributed by atoms with van der Waals surface area (Å²) in [5.41, 5.74) is 7.17. The highest BCUT2D eigenvalue weighted by molar-refractivity contribution is 5.85. The number of hydrogen-bond donors (Lipinski definition) is 2.